The van der Waals surface area contributed by atoms with Crippen LogP contribution < -0.4 is 15.4 Å². The maximum atomic E-state index is 5.93. The molecule has 0 spiro atoms. The molecule has 2 heterocycles. The number of rotatable bonds is 1. The molecule has 0 unspecified atom stereocenters. The highest BCUT2D eigenvalue weighted by atomic mass is 16.5. The molecule has 0 aromatic heterocycles. The summed E-state index contributed by atoms with van der Waals surface area (Å²) < 4.78 is 5.57. The number of fused-ring (bicyclic) bond motifs is 1. The molecule has 1 aromatic carbocycles. The first-order chi connectivity index (χ1) is 7.34. The third-order valence-electron chi connectivity index (χ3n) is 3.28. The van der Waals surface area contributed by atoms with Crippen LogP contribution in [0.1, 0.15) is 12.0 Å². The maximum absolute atomic E-state index is 5.93. The molecule has 1 saturated heterocycles. The van der Waals surface area contributed by atoms with E-state index in [1.807, 2.05) is 0 Å². The van der Waals surface area contributed by atoms with E-state index in [2.05, 4.69) is 23.1 Å². The van der Waals surface area contributed by atoms with Gasteiger partial charge in [0.1, 0.15) is 5.75 Å². The normalized spacial score (nSPS) is 24.1. The predicted molar refractivity (Wildman–Crippen MR) is 60.4 cm³/mol. The summed E-state index contributed by atoms with van der Waals surface area (Å²) in [5, 5.41) is 0. The van der Waals surface area contributed by atoms with Gasteiger partial charge in [0.15, 0.2) is 0 Å². The van der Waals surface area contributed by atoms with Gasteiger partial charge in [0.05, 0.1) is 6.61 Å². The highest BCUT2D eigenvalue weighted by Gasteiger charge is 2.24. The largest absolute Gasteiger partial charge is 0.493 e. The van der Waals surface area contributed by atoms with E-state index in [-0.39, 0.29) is 0 Å². The second kappa shape index (κ2) is 3.42. The van der Waals surface area contributed by atoms with Gasteiger partial charge in [-0.3, -0.25) is 0 Å². The molecule has 3 nitrogen and oxygen atoms in total. The number of nitrogens with two attached hydrogens (primary N) is 1. The van der Waals surface area contributed by atoms with Crippen molar-refractivity contribution in [2.75, 3.05) is 24.6 Å². The van der Waals surface area contributed by atoms with Crippen molar-refractivity contribution < 1.29 is 4.74 Å². The first kappa shape index (κ1) is 9.04. The fourth-order valence-electron chi connectivity index (χ4n) is 2.51. The second-order valence-electron chi connectivity index (χ2n) is 4.35. The van der Waals surface area contributed by atoms with Gasteiger partial charge in [0.25, 0.3) is 0 Å². The van der Waals surface area contributed by atoms with Crippen molar-refractivity contribution in [3.8, 4) is 5.75 Å². The third kappa shape index (κ3) is 1.47. The molecule has 2 aliphatic heterocycles. The molecular formula is C12H16N2O. The van der Waals surface area contributed by atoms with Crippen LogP contribution in [-0.4, -0.2) is 25.7 Å². The Kier molecular flexibility index (Phi) is 2.06. The van der Waals surface area contributed by atoms with Crippen LogP contribution in [0.15, 0.2) is 18.2 Å². The number of hydrogen-bond donors (Lipinski definition) is 1. The molecule has 3 heteroatoms. The Morgan fingerprint density at radius 1 is 1.40 bits per heavy atom. The van der Waals surface area contributed by atoms with Crippen LogP contribution in [0.3, 0.4) is 0 Å². The van der Waals surface area contributed by atoms with Gasteiger partial charge < -0.3 is 15.4 Å². The lowest BCUT2D eigenvalue weighted by Crippen LogP contribution is -2.26. The summed E-state index contributed by atoms with van der Waals surface area (Å²) in [6.45, 7) is 2.89. The molecule has 1 fully saturated rings. The number of anilines is 1. The molecule has 3 rings (SSSR count). The molecule has 0 radical (unpaired) electrons. The highest BCUT2D eigenvalue weighted by Crippen LogP contribution is 2.34. The lowest BCUT2D eigenvalue weighted by molar-refractivity contribution is 0.357. The highest BCUT2D eigenvalue weighted by molar-refractivity contribution is 5.61. The summed E-state index contributed by atoms with van der Waals surface area (Å²) >= 11 is 0. The molecule has 80 valence electrons. The van der Waals surface area contributed by atoms with Gasteiger partial charge in [0, 0.05) is 36.8 Å². The van der Waals surface area contributed by atoms with Crippen molar-refractivity contribution >= 4 is 5.69 Å². The average Bonchev–Trinajstić information content (AvgIpc) is 2.84. The number of benzene rings is 1. The molecule has 2 aliphatic rings. The number of hydrogen-bond acceptors (Lipinski definition) is 3. The quantitative estimate of drug-likeness (QED) is 0.746. The van der Waals surface area contributed by atoms with Crippen molar-refractivity contribution in [2.45, 2.75) is 18.9 Å². The summed E-state index contributed by atoms with van der Waals surface area (Å²) in [4.78, 5) is 2.39. The van der Waals surface area contributed by atoms with E-state index < -0.39 is 0 Å². The summed E-state index contributed by atoms with van der Waals surface area (Å²) in [5.74, 6) is 1.06. The Labute approximate surface area is 89.8 Å². The van der Waals surface area contributed by atoms with Gasteiger partial charge in [-0.1, -0.05) is 6.07 Å². The van der Waals surface area contributed by atoms with Crippen molar-refractivity contribution in [1.29, 1.82) is 0 Å². The van der Waals surface area contributed by atoms with Crippen molar-refractivity contribution in [3.05, 3.63) is 23.8 Å². The van der Waals surface area contributed by atoms with Crippen molar-refractivity contribution in [3.63, 3.8) is 0 Å². The second-order valence-corrected chi connectivity index (χ2v) is 4.35. The summed E-state index contributed by atoms with van der Waals surface area (Å²) in [6, 6.07) is 6.65. The average molecular weight is 204 g/mol. The van der Waals surface area contributed by atoms with Crippen LogP contribution in [0, 0.1) is 0 Å². The Bertz CT molecular complexity index is 378. The van der Waals surface area contributed by atoms with Gasteiger partial charge in [0.2, 0.25) is 0 Å². The molecule has 1 atom stereocenters. The van der Waals surface area contributed by atoms with Crippen molar-refractivity contribution in [2.24, 2.45) is 5.73 Å². The molecule has 0 bridgehead atoms. The zero-order chi connectivity index (χ0) is 10.3. The minimum Gasteiger partial charge on any atom is -0.493 e. The van der Waals surface area contributed by atoms with Crippen LogP contribution in [-0.2, 0) is 6.42 Å². The summed E-state index contributed by atoms with van der Waals surface area (Å²) in [6.07, 6.45) is 2.14. The van der Waals surface area contributed by atoms with Crippen LogP contribution in [0.5, 0.6) is 5.75 Å². The Morgan fingerprint density at radius 2 is 2.33 bits per heavy atom. The number of nitrogens with zero attached hydrogens (tertiary/aromatic N) is 1. The van der Waals surface area contributed by atoms with Gasteiger partial charge in [-0.05, 0) is 18.6 Å². The van der Waals surface area contributed by atoms with Gasteiger partial charge in [-0.2, -0.15) is 0 Å². The molecule has 0 amide bonds. The van der Waals surface area contributed by atoms with Crippen LogP contribution in [0.2, 0.25) is 0 Å². The minimum absolute atomic E-state index is 0.336. The molecule has 1 aromatic rings. The zero-order valence-corrected chi connectivity index (χ0v) is 8.78. The molecular weight excluding hydrogens is 188 g/mol. The van der Waals surface area contributed by atoms with Crippen LogP contribution in [0.25, 0.3) is 0 Å². The maximum Gasteiger partial charge on any atom is 0.124 e. The van der Waals surface area contributed by atoms with Gasteiger partial charge in [-0.25, -0.2) is 0 Å². The third-order valence-corrected chi connectivity index (χ3v) is 3.28. The van der Waals surface area contributed by atoms with Gasteiger partial charge in [-0.15, -0.1) is 0 Å². The molecule has 0 aliphatic carbocycles. The Hall–Kier alpha value is -1.22. The van der Waals surface area contributed by atoms with E-state index in [0.717, 1.165) is 38.3 Å². The molecule has 0 saturated carbocycles. The molecule has 2 N–H and O–H groups in total. The van der Waals surface area contributed by atoms with E-state index in [1.165, 1.54) is 11.3 Å². The fraction of sp³-hybridized carbons (Fsp3) is 0.500. The van der Waals surface area contributed by atoms with Gasteiger partial charge >= 0.3 is 0 Å². The van der Waals surface area contributed by atoms with Crippen molar-refractivity contribution in [1.82, 2.24) is 0 Å². The monoisotopic (exact) mass is 204 g/mol. The van der Waals surface area contributed by atoms with Crippen LogP contribution in [0.4, 0.5) is 5.69 Å². The summed E-state index contributed by atoms with van der Waals surface area (Å²) in [7, 11) is 0. The zero-order valence-electron chi connectivity index (χ0n) is 8.78. The first-order valence-corrected chi connectivity index (χ1v) is 5.60. The van der Waals surface area contributed by atoms with E-state index in [0.29, 0.717) is 6.04 Å². The van der Waals surface area contributed by atoms with Crippen LogP contribution >= 0.6 is 0 Å². The first-order valence-electron chi connectivity index (χ1n) is 5.60. The fourth-order valence-corrected chi connectivity index (χ4v) is 2.51. The SMILES string of the molecule is N[C@@H]1CCN(c2cccc3c2CCO3)C1. The minimum atomic E-state index is 0.336. The summed E-state index contributed by atoms with van der Waals surface area (Å²) in [5.41, 5.74) is 8.63. The smallest absolute Gasteiger partial charge is 0.124 e. The topological polar surface area (TPSA) is 38.5 Å². The Morgan fingerprint density at radius 3 is 3.13 bits per heavy atom. The predicted octanol–water partition coefficient (Wildman–Crippen LogP) is 1.16. The van der Waals surface area contributed by atoms with E-state index in [9.17, 15) is 0 Å². The van der Waals surface area contributed by atoms with E-state index >= 15 is 0 Å². The molecule has 15 heavy (non-hydrogen) atoms. The standard InChI is InChI=1S/C12H16N2O/c13-9-4-6-14(8-9)11-2-1-3-12-10(11)5-7-15-12/h1-3,9H,4-8,13H2/t9-/m1/s1. The lowest BCUT2D eigenvalue weighted by atomic mass is 10.1. The Balaban J connectivity index is 1.95. The number of ether oxygens (including phenoxy) is 1. The van der Waals surface area contributed by atoms with E-state index in [1.54, 1.807) is 0 Å². The lowest BCUT2D eigenvalue weighted by Gasteiger charge is -2.20. The van der Waals surface area contributed by atoms with E-state index in [4.69, 9.17) is 10.5 Å².